The van der Waals surface area contributed by atoms with Gasteiger partial charge in [-0.3, -0.25) is 14.9 Å². The number of hydrogen-bond acceptors (Lipinski definition) is 3. The molecule has 1 aromatic carbocycles. The summed E-state index contributed by atoms with van der Waals surface area (Å²) in [4.78, 5) is 21.2. The van der Waals surface area contributed by atoms with Crippen LogP contribution >= 0.6 is 0 Å². The predicted octanol–water partition coefficient (Wildman–Crippen LogP) is 2.81. The molecule has 0 amide bonds. The third kappa shape index (κ3) is 3.03. The van der Waals surface area contributed by atoms with E-state index in [1.54, 1.807) is 0 Å². The standard InChI is InChI=1S/C12H15NO4/c1-12(2,3)10(11(14)15)8-4-6-9(7-5-8)13(16)17/h4-7,10H,1-3H3,(H,14,15). The maximum absolute atomic E-state index is 11.2. The Balaban J connectivity index is 3.13. The van der Waals surface area contributed by atoms with Crippen LogP contribution in [-0.4, -0.2) is 16.0 Å². The molecular weight excluding hydrogens is 222 g/mol. The Labute approximate surface area is 99.2 Å². The summed E-state index contributed by atoms with van der Waals surface area (Å²) in [5.41, 5.74) is 0.101. The number of rotatable bonds is 3. The lowest BCUT2D eigenvalue weighted by molar-refractivity contribution is -0.384. The summed E-state index contributed by atoms with van der Waals surface area (Å²) in [6, 6.07) is 5.67. The van der Waals surface area contributed by atoms with Crippen LogP contribution in [0.1, 0.15) is 32.3 Å². The van der Waals surface area contributed by atoms with Gasteiger partial charge in [0.25, 0.3) is 5.69 Å². The van der Waals surface area contributed by atoms with Crippen LogP contribution in [-0.2, 0) is 4.79 Å². The molecule has 0 heterocycles. The third-order valence-corrected chi connectivity index (χ3v) is 2.55. The van der Waals surface area contributed by atoms with Gasteiger partial charge in [-0.2, -0.15) is 0 Å². The van der Waals surface area contributed by atoms with Crippen molar-refractivity contribution in [3.8, 4) is 0 Å². The van der Waals surface area contributed by atoms with E-state index < -0.39 is 22.2 Å². The monoisotopic (exact) mass is 237 g/mol. The molecule has 92 valence electrons. The van der Waals surface area contributed by atoms with Crippen LogP contribution < -0.4 is 0 Å². The van der Waals surface area contributed by atoms with Crippen LogP contribution in [0.15, 0.2) is 24.3 Å². The van der Waals surface area contributed by atoms with Gasteiger partial charge in [0.15, 0.2) is 0 Å². The van der Waals surface area contributed by atoms with Crippen LogP contribution in [0.2, 0.25) is 0 Å². The van der Waals surface area contributed by atoms with E-state index in [0.29, 0.717) is 5.56 Å². The number of carbonyl (C=O) groups is 1. The lowest BCUT2D eigenvalue weighted by atomic mass is 9.76. The molecule has 1 N–H and O–H groups in total. The first-order valence-electron chi connectivity index (χ1n) is 5.20. The summed E-state index contributed by atoms with van der Waals surface area (Å²) in [5.74, 6) is -1.60. The zero-order chi connectivity index (χ0) is 13.2. The Bertz CT molecular complexity index is 431. The quantitative estimate of drug-likeness (QED) is 0.647. The maximum atomic E-state index is 11.2. The molecule has 0 aromatic heterocycles. The Morgan fingerprint density at radius 3 is 2.06 bits per heavy atom. The van der Waals surface area contributed by atoms with Gasteiger partial charge in [0.2, 0.25) is 0 Å². The minimum Gasteiger partial charge on any atom is -0.481 e. The second kappa shape index (κ2) is 4.53. The van der Waals surface area contributed by atoms with Crippen LogP contribution in [0.25, 0.3) is 0 Å². The number of nitrogens with zero attached hydrogens (tertiary/aromatic N) is 1. The van der Waals surface area contributed by atoms with E-state index in [4.69, 9.17) is 0 Å². The minimum absolute atomic E-state index is 0.0354. The van der Waals surface area contributed by atoms with E-state index in [9.17, 15) is 20.0 Å². The van der Waals surface area contributed by atoms with E-state index >= 15 is 0 Å². The number of benzene rings is 1. The van der Waals surface area contributed by atoms with E-state index in [-0.39, 0.29) is 5.69 Å². The number of non-ortho nitro benzene ring substituents is 1. The molecule has 1 atom stereocenters. The highest BCUT2D eigenvalue weighted by atomic mass is 16.6. The molecule has 1 unspecified atom stereocenters. The molecule has 0 radical (unpaired) electrons. The fourth-order valence-electron chi connectivity index (χ4n) is 1.80. The summed E-state index contributed by atoms with van der Waals surface area (Å²) in [7, 11) is 0. The molecular formula is C12H15NO4. The van der Waals surface area contributed by atoms with Gasteiger partial charge >= 0.3 is 5.97 Å². The second-order valence-corrected chi connectivity index (χ2v) is 4.99. The number of nitro groups is 1. The molecule has 17 heavy (non-hydrogen) atoms. The van der Waals surface area contributed by atoms with Crippen molar-refractivity contribution in [2.24, 2.45) is 5.41 Å². The van der Waals surface area contributed by atoms with Crippen LogP contribution in [0.4, 0.5) is 5.69 Å². The van der Waals surface area contributed by atoms with E-state index in [1.165, 1.54) is 24.3 Å². The fourth-order valence-corrected chi connectivity index (χ4v) is 1.80. The molecule has 0 fully saturated rings. The first-order valence-corrected chi connectivity index (χ1v) is 5.20. The zero-order valence-corrected chi connectivity index (χ0v) is 10.0. The highest BCUT2D eigenvalue weighted by Gasteiger charge is 2.32. The minimum atomic E-state index is -0.925. The molecule has 1 rings (SSSR count). The van der Waals surface area contributed by atoms with Crippen molar-refractivity contribution >= 4 is 11.7 Å². The highest BCUT2D eigenvalue weighted by molar-refractivity contribution is 5.77. The molecule has 5 nitrogen and oxygen atoms in total. The van der Waals surface area contributed by atoms with Gasteiger partial charge in [-0.15, -0.1) is 0 Å². The Hall–Kier alpha value is -1.91. The molecule has 0 saturated carbocycles. The molecule has 0 spiro atoms. The number of nitro benzene ring substituents is 1. The maximum Gasteiger partial charge on any atom is 0.311 e. The van der Waals surface area contributed by atoms with Crippen molar-refractivity contribution in [2.45, 2.75) is 26.7 Å². The highest BCUT2D eigenvalue weighted by Crippen LogP contribution is 2.35. The lowest BCUT2D eigenvalue weighted by Crippen LogP contribution is -2.26. The van der Waals surface area contributed by atoms with Crippen molar-refractivity contribution in [3.05, 3.63) is 39.9 Å². The first kappa shape index (κ1) is 13.2. The lowest BCUT2D eigenvalue weighted by Gasteiger charge is -2.27. The summed E-state index contributed by atoms with van der Waals surface area (Å²) in [6.45, 7) is 5.48. The van der Waals surface area contributed by atoms with Crippen molar-refractivity contribution in [1.29, 1.82) is 0 Å². The van der Waals surface area contributed by atoms with Gasteiger partial charge in [-0.05, 0) is 11.0 Å². The number of carboxylic acid groups (broad SMARTS) is 1. The normalized spacial score (nSPS) is 13.1. The van der Waals surface area contributed by atoms with E-state index in [0.717, 1.165) is 0 Å². The first-order chi connectivity index (χ1) is 7.73. The van der Waals surface area contributed by atoms with E-state index in [1.807, 2.05) is 20.8 Å². The fraction of sp³-hybridized carbons (Fsp3) is 0.417. The van der Waals surface area contributed by atoms with Gasteiger partial charge in [0, 0.05) is 12.1 Å². The summed E-state index contributed by atoms with van der Waals surface area (Å²) >= 11 is 0. The zero-order valence-electron chi connectivity index (χ0n) is 10.0. The van der Waals surface area contributed by atoms with Crippen molar-refractivity contribution < 1.29 is 14.8 Å². The van der Waals surface area contributed by atoms with Crippen molar-refractivity contribution in [3.63, 3.8) is 0 Å². The Kier molecular flexibility index (Phi) is 3.50. The molecule has 0 saturated heterocycles. The van der Waals surface area contributed by atoms with Gasteiger partial charge in [0.1, 0.15) is 0 Å². The van der Waals surface area contributed by atoms with Crippen LogP contribution in [0.3, 0.4) is 0 Å². The van der Waals surface area contributed by atoms with Gasteiger partial charge in [-0.1, -0.05) is 32.9 Å². The molecule has 0 aliphatic carbocycles. The van der Waals surface area contributed by atoms with Crippen LogP contribution in [0.5, 0.6) is 0 Å². The predicted molar refractivity (Wildman–Crippen MR) is 62.9 cm³/mol. The third-order valence-electron chi connectivity index (χ3n) is 2.55. The number of hydrogen-bond donors (Lipinski definition) is 1. The number of aliphatic carboxylic acids is 1. The van der Waals surface area contributed by atoms with Gasteiger partial charge in [0.05, 0.1) is 10.8 Å². The Morgan fingerprint density at radius 2 is 1.76 bits per heavy atom. The molecule has 0 aliphatic heterocycles. The molecule has 5 heteroatoms. The van der Waals surface area contributed by atoms with Crippen molar-refractivity contribution in [1.82, 2.24) is 0 Å². The smallest absolute Gasteiger partial charge is 0.311 e. The summed E-state index contributed by atoms with van der Waals surface area (Å²) in [6.07, 6.45) is 0. The van der Waals surface area contributed by atoms with Gasteiger partial charge in [-0.25, -0.2) is 0 Å². The second-order valence-electron chi connectivity index (χ2n) is 4.99. The number of carboxylic acids is 1. The summed E-state index contributed by atoms with van der Waals surface area (Å²) in [5, 5.41) is 19.7. The molecule has 0 bridgehead atoms. The van der Waals surface area contributed by atoms with Gasteiger partial charge < -0.3 is 5.11 Å². The van der Waals surface area contributed by atoms with E-state index in [2.05, 4.69) is 0 Å². The Morgan fingerprint density at radius 1 is 1.29 bits per heavy atom. The average Bonchev–Trinajstić information content (AvgIpc) is 2.15. The molecule has 1 aromatic rings. The SMILES string of the molecule is CC(C)(C)C(C(=O)O)c1ccc([N+](=O)[O-])cc1. The van der Waals surface area contributed by atoms with Crippen molar-refractivity contribution in [2.75, 3.05) is 0 Å². The topological polar surface area (TPSA) is 80.4 Å². The average molecular weight is 237 g/mol. The summed E-state index contributed by atoms with van der Waals surface area (Å²) < 4.78 is 0. The largest absolute Gasteiger partial charge is 0.481 e. The molecule has 0 aliphatic rings. The van der Waals surface area contributed by atoms with Crippen LogP contribution in [0, 0.1) is 15.5 Å².